The van der Waals surface area contributed by atoms with Crippen LogP contribution in [0.15, 0.2) is 84.9 Å². The van der Waals surface area contributed by atoms with E-state index in [2.05, 4.69) is 5.32 Å². The van der Waals surface area contributed by atoms with Crippen LogP contribution in [-0.2, 0) is 13.6 Å². The predicted octanol–water partition coefficient (Wildman–Crippen LogP) is 5.69. The molecule has 0 aliphatic heterocycles. The SMILES string of the molecule is COP(=O)(OC)C(NC(c1ccccc1)c1ccccc1)c1ccc(F)cc1. The normalized spacial score (nSPS) is 12.9. The van der Waals surface area contributed by atoms with Crippen LogP contribution < -0.4 is 5.32 Å². The molecule has 1 unspecified atom stereocenters. The van der Waals surface area contributed by atoms with E-state index in [1.165, 1.54) is 26.4 Å². The first-order valence-electron chi connectivity index (χ1n) is 8.90. The second-order valence-electron chi connectivity index (χ2n) is 6.28. The lowest BCUT2D eigenvalue weighted by Crippen LogP contribution is -2.28. The number of hydrogen-bond donors (Lipinski definition) is 1. The monoisotopic (exact) mass is 399 g/mol. The van der Waals surface area contributed by atoms with Crippen LogP contribution in [0.25, 0.3) is 0 Å². The number of hydrogen-bond acceptors (Lipinski definition) is 4. The highest BCUT2D eigenvalue weighted by molar-refractivity contribution is 7.54. The fraction of sp³-hybridized carbons (Fsp3) is 0.182. The Morgan fingerprint density at radius 3 is 1.64 bits per heavy atom. The van der Waals surface area contributed by atoms with Crippen LogP contribution in [0.3, 0.4) is 0 Å². The molecule has 0 amide bonds. The molecule has 0 radical (unpaired) electrons. The van der Waals surface area contributed by atoms with E-state index in [-0.39, 0.29) is 11.9 Å². The van der Waals surface area contributed by atoms with Gasteiger partial charge < -0.3 is 9.05 Å². The molecule has 1 atom stereocenters. The molecule has 3 aromatic carbocycles. The second-order valence-corrected chi connectivity index (χ2v) is 8.61. The molecule has 1 N–H and O–H groups in total. The molecule has 0 aliphatic carbocycles. The third kappa shape index (κ3) is 4.57. The van der Waals surface area contributed by atoms with Crippen molar-refractivity contribution in [2.24, 2.45) is 0 Å². The van der Waals surface area contributed by atoms with E-state index in [9.17, 15) is 8.96 Å². The van der Waals surface area contributed by atoms with Crippen molar-refractivity contribution in [1.29, 1.82) is 0 Å². The first-order valence-corrected chi connectivity index (χ1v) is 10.5. The lowest BCUT2D eigenvalue weighted by Gasteiger charge is -2.30. The number of benzene rings is 3. The fourth-order valence-corrected chi connectivity index (χ4v) is 4.57. The summed E-state index contributed by atoms with van der Waals surface area (Å²) in [6.07, 6.45) is 0. The average molecular weight is 399 g/mol. The maximum Gasteiger partial charge on any atom is 0.351 e. The highest BCUT2D eigenvalue weighted by Gasteiger charge is 2.37. The van der Waals surface area contributed by atoms with Crippen LogP contribution in [0.1, 0.15) is 28.5 Å². The maximum atomic E-state index is 13.5. The Morgan fingerprint density at radius 2 is 1.21 bits per heavy atom. The van der Waals surface area contributed by atoms with Crippen molar-refractivity contribution in [3.63, 3.8) is 0 Å². The van der Waals surface area contributed by atoms with Gasteiger partial charge in [-0.1, -0.05) is 72.8 Å². The third-order valence-electron chi connectivity index (χ3n) is 4.60. The summed E-state index contributed by atoms with van der Waals surface area (Å²) in [4.78, 5) is 0. The van der Waals surface area contributed by atoms with E-state index < -0.39 is 13.4 Å². The van der Waals surface area contributed by atoms with Crippen molar-refractivity contribution >= 4 is 7.60 Å². The van der Waals surface area contributed by atoms with Crippen LogP contribution in [0.5, 0.6) is 0 Å². The van der Waals surface area contributed by atoms with Gasteiger partial charge in [0.05, 0.1) is 6.04 Å². The molecule has 0 saturated carbocycles. The Labute approximate surface area is 164 Å². The Kier molecular flexibility index (Phi) is 6.76. The highest BCUT2D eigenvalue weighted by Crippen LogP contribution is 2.59. The summed E-state index contributed by atoms with van der Waals surface area (Å²) in [6.45, 7) is 0. The molecule has 6 heteroatoms. The molecule has 0 aromatic heterocycles. The summed E-state index contributed by atoms with van der Waals surface area (Å²) in [5, 5.41) is 3.43. The average Bonchev–Trinajstić information content (AvgIpc) is 2.76. The van der Waals surface area contributed by atoms with Gasteiger partial charge in [0.1, 0.15) is 11.6 Å². The molecule has 3 rings (SSSR count). The zero-order chi connectivity index (χ0) is 20.0. The van der Waals surface area contributed by atoms with E-state index in [0.717, 1.165) is 11.1 Å². The molecule has 0 spiro atoms. The van der Waals surface area contributed by atoms with Crippen molar-refractivity contribution in [2.75, 3.05) is 14.2 Å². The van der Waals surface area contributed by atoms with Gasteiger partial charge in [0.15, 0.2) is 0 Å². The predicted molar refractivity (Wildman–Crippen MR) is 109 cm³/mol. The molecule has 0 bridgehead atoms. The van der Waals surface area contributed by atoms with E-state index >= 15 is 0 Å². The van der Waals surface area contributed by atoms with Gasteiger partial charge >= 0.3 is 7.60 Å². The minimum Gasteiger partial charge on any atom is -0.311 e. The summed E-state index contributed by atoms with van der Waals surface area (Å²) in [6, 6.07) is 25.2. The van der Waals surface area contributed by atoms with Gasteiger partial charge in [0.2, 0.25) is 0 Å². The molecule has 28 heavy (non-hydrogen) atoms. The molecule has 0 aliphatic rings. The maximum absolute atomic E-state index is 13.5. The van der Waals surface area contributed by atoms with Gasteiger partial charge in [-0.2, -0.15) is 0 Å². The van der Waals surface area contributed by atoms with E-state index in [0.29, 0.717) is 5.56 Å². The molecule has 0 saturated heterocycles. The van der Waals surface area contributed by atoms with Gasteiger partial charge in [-0.25, -0.2) is 4.39 Å². The summed E-state index contributed by atoms with van der Waals surface area (Å²) in [7, 11) is -0.857. The molecular weight excluding hydrogens is 376 g/mol. The lowest BCUT2D eigenvalue weighted by molar-refractivity contribution is 0.257. The Bertz CT molecular complexity index is 872. The van der Waals surface area contributed by atoms with Gasteiger partial charge in [0, 0.05) is 14.2 Å². The second kappa shape index (κ2) is 9.26. The number of nitrogens with one attached hydrogen (secondary N) is 1. The molecule has 0 fully saturated rings. The van der Waals surface area contributed by atoms with E-state index in [1.54, 1.807) is 12.1 Å². The van der Waals surface area contributed by atoms with Crippen molar-refractivity contribution in [3.05, 3.63) is 107 Å². The van der Waals surface area contributed by atoms with Crippen molar-refractivity contribution in [1.82, 2.24) is 5.32 Å². The summed E-state index contributed by atoms with van der Waals surface area (Å²) < 4.78 is 37.4. The Balaban J connectivity index is 2.07. The largest absolute Gasteiger partial charge is 0.351 e. The Hall–Kier alpha value is -2.30. The topological polar surface area (TPSA) is 47.6 Å². The third-order valence-corrected chi connectivity index (χ3v) is 6.70. The summed E-state index contributed by atoms with van der Waals surface area (Å²) in [5.41, 5.74) is 2.62. The van der Waals surface area contributed by atoms with Crippen LogP contribution >= 0.6 is 7.60 Å². The number of rotatable bonds is 8. The first kappa shape index (κ1) is 20.4. The minimum atomic E-state index is -3.56. The minimum absolute atomic E-state index is 0.268. The smallest absolute Gasteiger partial charge is 0.311 e. The molecule has 3 aromatic rings. The van der Waals surface area contributed by atoms with Crippen LogP contribution in [0.2, 0.25) is 0 Å². The zero-order valence-electron chi connectivity index (χ0n) is 15.8. The van der Waals surface area contributed by atoms with Gasteiger partial charge in [-0.3, -0.25) is 9.88 Å². The molecular formula is C22H23FNO3P. The van der Waals surface area contributed by atoms with Gasteiger partial charge in [-0.05, 0) is 28.8 Å². The van der Waals surface area contributed by atoms with Crippen LogP contribution in [0, 0.1) is 5.82 Å². The quantitative estimate of drug-likeness (QED) is 0.495. The van der Waals surface area contributed by atoms with E-state index in [1.807, 2.05) is 60.7 Å². The van der Waals surface area contributed by atoms with Crippen LogP contribution in [-0.4, -0.2) is 14.2 Å². The number of halogens is 1. The zero-order valence-corrected chi connectivity index (χ0v) is 16.7. The van der Waals surface area contributed by atoms with Crippen molar-refractivity contribution in [3.8, 4) is 0 Å². The lowest BCUT2D eigenvalue weighted by atomic mass is 9.98. The fourth-order valence-electron chi connectivity index (χ4n) is 3.13. The standard InChI is InChI=1S/C22H23FNO3P/c1-26-28(25,27-2)22(19-13-15-20(23)16-14-19)24-21(17-9-5-3-6-10-17)18-11-7-4-8-12-18/h3-16,21-22,24H,1-2H3. The first-order chi connectivity index (χ1) is 13.6. The molecule has 146 valence electrons. The van der Waals surface area contributed by atoms with Crippen molar-refractivity contribution in [2.45, 2.75) is 11.8 Å². The Morgan fingerprint density at radius 1 is 0.750 bits per heavy atom. The summed E-state index contributed by atoms with van der Waals surface area (Å²) in [5.74, 6) is -1.15. The highest BCUT2D eigenvalue weighted by atomic mass is 31.2. The van der Waals surface area contributed by atoms with Crippen LogP contribution in [0.4, 0.5) is 4.39 Å². The van der Waals surface area contributed by atoms with E-state index in [4.69, 9.17) is 9.05 Å². The van der Waals surface area contributed by atoms with Gasteiger partial charge in [0.25, 0.3) is 0 Å². The summed E-state index contributed by atoms with van der Waals surface area (Å²) >= 11 is 0. The van der Waals surface area contributed by atoms with Crippen molar-refractivity contribution < 1.29 is 18.0 Å². The molecule has 4 nitrogen and oxygen atoms in total. The van der Waals surface area contributed by atoms with Gasteiger partial charge in [-0.15, -0.1) is 0 Å². The molecule has 0 heterocycles.